The van der Waals surface area contributed by atoms with Crippen LogP contribution in [-0.4, -0.2) is 31.2 Å². The third-order valence-electron chi connectivity index (χ3n) is 7.26. The van der Waals surface area contributed by atoms with Crippen LogP contribution in [0.4, 0.5) is 9.59 Å². The van der Waals surface area contributed by atoms with Crippen LogP contribution < -0.4 is 16.2 Å². The molecule has 34 heavy (non-hydrogen) atoms. The lowest BCUT2D eigenvalue weighted by Crippen LogP contribution is -2.62. The summed E-state index contributed by atoms with van der Waals surface area (Å²) in [4.78, 5) is 44.0. The van der Waals surface area contributed by atoms with Gasteiger partial charge in [0.05, 0.1) is 10.9 Å². The standard InChI is InChI=1S/C25H20N6O3/c32-21-19-13-7-8-14-20(19)30-15-28-22(33)26-24(17-9-3-1-4-10-17)25(28,18-11-5-2-6-12-18)29(16-31(21)30)23(34)27-24/h1-14H,15-16H2,(H,26,33)(H,27,34)/t24-,25+/m0/s1. The van der Waals surface area contributed by atoms with Gasteiger partial charge in [-0.3, -0.25) is 19.3 Å². The van der Waals surface area contributed by atoms with Gasteiger partial charge in [0.2, 0.25) is 0 Å². The summed E-state index contributed by atoms with van der Waals surface area (Å²) in [5, 5.41) is 6.74. The second-order valence-corrected chi connectivity index (χ2v) is 8.77. The van der Waals surface area contributed by atoms with E-state index in [1.54, 1.807) is 25.2 Å². The number of urea groups is 2. The maximum absolute atomic E-state index is 13.7. The maximum atomic E-state index is 13.7. The second kappa shape index (κ2) is 6.28. The van der Waals surface area contributed by atoms with E-state index in [1.807, 2.05) is 78.9 Å². The van der Waals surface area contributed by atoms with E-state index >= 15 is 0 Å². The number of carbonyl (C=O) groups excluding carboxylic acids is 2. The summed E-state index contributed by atoms with van der Waals surface area (Å²) in [6.45, 7) is 0.0673. The van der Waals surface area contributed by atoms with Gasteiger partial charge in [-0.15, -0.1) is 0 Å². The molecule has 9 nitrogen and oxygen atoms in total. The summed E-state index contributed by atoms with van der Waals surface area (Å²) in [5.74, 6) is 0. The molecule has 4 aromatic rings. The zero-order valence-electron chi connectivity index (χ0n) is 18.0. The molecule has 168 valence electrons. The fourth-order valence-corrected chi connectivity index (χ4v) is 5.89. The third-order valence-corrected chi connectivity index (χ3v) is 7.26. The van der Waals surface area contributed by atoms with E-state index in [0.717, 1.165) is 11.1 Å². The summed E-state index contributed by atoms with van der Waals surface area (Å²) >= 11 is 0. The summed E-state index contributed by atoms with van der Waals surface area (Å²) in [7, 11) is 0. The highest BCUT2D eigenvalue weighted by Crippen LogP contribution is 2.54. The zero-order chi connectivity index (χ0) is 23.1. The smallest absolute Gasteiger partial charge is 0.307 e. The number of benzene rings is 3. The van der Waals surface area contributed by atoms with E-state index in [-0.39, 0.29) is 31.0 Å². The lowest BCUT2D eigenvalue weighted by molar-refractivity contribution is -0.0241. The number of para-hydroxylation sites is 1. The van der Waals surface area contributed by atoms with Gasteiger partial charge in [0, 0.05) is 11.1 Å². The Morgan fingerprint density at radius 2 is 1.15 bits per heavy atom. The number of hydrogen-bond donors (Lipinski definition) is 2. The molecule has 3 aliphatic heterocycles. The number of carbonyl (C=O) groups is 2. The zero-order valence-corrected chi connectivity index (χ0v) is 18.0. The van der Waals surface area contributed by atoms with Gasteiger partial charge in [0.1, 0.15) is 13.3 Å². The van der Waals surface area contributed by atoms with E-state index in [0.29, 0.717) is 10.9 Å². The lowest BCUT2D eigenvalue weighted by atomic mass is 9.81. The number of amides is 4. The number of rotatable bonds is 2. The van der Waals surface area contributed by atoms with Crippen molar-refractivity contribution in [3.63, 3.8) is 0 Å². The minimum atomic E-state index is -1.26. The van der Waals surface area contributed by atoms with E-state index in [2.05, 4.69) is 10.6 Å². The van der Waals surface area contributed by atoms with E-state index in [4.69, 9.17) is 0 Å². The number of hydrogen-bond acceptors (Lipinski definition) is 3. The monoisotopic (exact) mass is 452 g/mol. The summed E-state index contributed by atoms with van der Waals surface area (Å²) in [6.07, 6.45) is 0. The average molecular weight is 452 g/mol. The Kier molecular flexibility index (Phi) is 3.51. The van der Waals surface area contributed by atoms with Crippen LogP contribution >= 0.6 is 0 Å². The summed E-state index contributed by atoms with van der Waals surface area (Å²) in [5.41, 5.74) is -0.489. The van der Waals surface area contributed by atoms with Crippen molar-refractivity contribution < 1.29 is 9.59 Å². The van der Waals surface area contributed by atoms with Gasteiger partial charge in [0.25, 0.3) is 5.56 Å². The van der Waals surface area contributed by atoms with Crippen molar-refractivity contribution in [2.45, 2.75) is 24.7 Å². The highest BCUT2D eigenvalue weighted by Gasteiger charge is 2.74. The second-order valence-electron chi connectivity index (χ2n) is 8.77. The molecule has 9 heteroatoms. The topological polar surface area (TPSA) is 91.6 Å². The average Bonchev–Trinajstić information content (AvgIpc) is 3.31. The molecule has 0 saturated carbocycles. The molecule has 1 aromatic heterocycles. The predicted molar refractivity (Wildman–Crippen MR) is 123 cm³/mol. The van der Waals surface area contributed by atoms with Crippen LogP contribution in [0.15, 0.2) is 89.7 Å². The molecule has 0 aliphatic carbocycles. The van der Waals surface area contributed by atoms with Crippen molar-refractivity contribution in [3.05, 3.63) is 106 Å². The maximum Gasteiger partial charge on any atom is 0.323 e. The first-order valence-electron chi connectivity index (χ1n) is 11.1. The summed E-state index contributed by atoms with van der Waals surface area (Å²) in [6, 6.07) is 25.5. The largest absolute Gasteiger partial charge is 0.323 e. The molecule has 3 aliphatic rings. The number of nitrogens with zero attached hydrogens (tertiary/aromatic N) is 4. The van der Waals surface area contributed by atoms with Crippen LogP contribution in [0, 0.1) is 0 Å². The SMILES string of the molecule is O=C1N[C@]2(c3ccccc3)NC(=O)N3Cn4c5ccccc5c(=O)n4CN1[C@@]32c1ccccc1. The van der Waals surface area contributed by atoms with Crippen LogP contribution in [0.1, 0.15) is 11.1 Å². The van der Waals surface area contributed by atoms with E-state index < -0.39 is 11.3 Å². The minimum Gasteiger partial charge on any atom is -0.307 e. The van der Waals surface area contributed by atoms with Crippen LogP contribution in [0.3, 0.4) is 0 Å². The van der Waals surface area contributed by atoms with Gasteiger partial charge in [-0.25, -0.2) is 14.3 Å². The Labute approximate surface area is 193 Å². The predicted octanol–water partition coefficient (Wildman–Crippen LogP) is 2.49. The van der Waals surface area contributed by atoms with Gasteiger partial charge in [-0.1, -0.05) is 72.8 Å². The normalized spacial score (nSPS) is 25.1. The van der Waals surface area contributed by atoms with E-state index in [1.165, 1.54) is 0 Å². The molecule has 0 bridgehead atoms. The summed E-state index contributed by atoms with van der Waals surface area (Å²) < 4.78 is 3.33. The Morgan fingerprint density at radius 3 is 1.79 bits per heavy atom. The van der Waals surface area contributed by atoms with Gasteiger partial charge in [-0.05, 0) is 12.1 Å². The van der Waals surface area contributed by atoms with Crippen molar-refractivity contribution in [2.75, 3.05) is 0 Å². The fourth-order valence-electron chi connectivity index (χ4n) is 5.89. The van der Waals surface area contributed by atoms with Gasteiger partial charge in [0.15, 0.2) is 11.3 Å². The van der Waals surface area contributed by atoms with Crippen LogP contribution in [-0.2, 0) is 24.7 Å². The van der Waals surface area contributed by atoms with Crippen molar-refractivity contribution in [1.29, 1.82) is 0 Å². The molecule has 2 atom stereocenters. The number of nitrogens with one attached hydrogen (secondary N) is 2. The Bertz CT molecular complexity index is 1550. The number of aromatic nitrogens is 2. The first-order chi connectivity index (χ1) is 16.6. The molecule has 2 saturated heterocycles. The molecule has 0 radical (unpaired) electrons. The van der Waals surface area contributed by atoms with E-state index in [9.17, 15) is 14.4 Å². The molecule has 2 fully saturated rings. The quantitative estimate of drug-likeness (QED) is 0.490. The van der Waals surface area contributed by atoms with Gasteiger partial charge < -0.3 is 10.6 Å². The molecule has 4 amide bonds. The Morgan fingerprint density at radius 1 is 0.618 bits per heavy atom. The fraction of sp³-hybridized carbons (Fsp3) is 0.160. The molecular weight excluding hydrogens is 432 g/mol. The number of fused-ring (bicyclic) bond motifs is 3. The molecule has 0 spiro atoms. The first-order valence-corrected chi connectivity index (χ1v) is 11.1. The molecular formula is C25H20N6O3. The third kappa shape index (κ3) is 2.03. The minimum absolute atomic E-state index is 0.0196. The van der Waals surface area contributed by atoms with Gasteiger partial charge in [-0.2, -0.15) is 0 Å². The highest BCUT2D eigenvalue weighted by molar-refractivity contribution is 5.89. The van der Waals surface area contributed by atoms with Crippen molar-refractivity contribution >= 4 is 23.0 Å². The highest BCUT2D eigenvalue weighted by atomic mass is 16.2. The van der Waals surface area contributed by atoms with Crippen molar-refractivity contribution in [1.82, 2.24) is 29.8 Å². The molecule has 4 heterocycles. The molecule has 0 unspecified atom stereocenters. The van der Waals surface area contributed by atoms with Crippen molar-refractivity contribution in [3.8, 4) is 0 Å². The van der Waals surface area contributed by atoms with Crippen LogP contribution in [0.25, 0.3) is 10.9 Å². The first kappa shape index (κ1) is 19.0. The Balaban J connectivity index is 1.58. The molecule has 2 N–H and O–H groups in total. The van der Waals surface area contributed by atoms with Crippen LogP contribution in [0.2, 0.25) is 0 Å². The van der Waals surface area contributed by atoms with Crippen molar-refractivity contribution in [2.24, 2.45) is 0 Å². The van der Waals surface area contributed by atoms with Gasteiger partial charge >= 0.3 is 12.1 Å². The van der Waals surface area contributed by atoms with Crippen LogP contribution in [0.5, 0.6) is 0 Å². The molecule has 3 aromatic carbocycles. The molecule has 7 rings (SSSR count). The Hall–Kier alpha value is -4.53. The lowest BCUT2D eigenvalue weighted by Gasteiger charge is -2.45.